The lowest BCUT2D eigenvalue weighted by Crippen LogP contribution is -2.71. The van der Waals surface area contributed by atoms with Gasteiger partial charge in [0.2, 0.25) is 16.7 Å². The van der Waals surface area contributed by atoms with Crippen LogP contribution in [0.15, 0.2) is 59.7 Å². The van der Waals surface area contributed by atoms with Crippen LogP contribution in [-0.4, -0.2) is 71.3 Å². The number of anilines is 1. The summed E-state index contributed by atoms with van der Waals surface area (Å²) >= 11 is 1.84. The number of carbonyl (C=O) groups is 3. The number of thioether (sulfide) groups is 1. The molecule has 0 radical (unpaired) electrons. The fourth-order valence-corrected chi connectivity index (χ4v) is 6.17. The van der Waals surface area contributed by atoms with E-state index in [9.17, 15) is 24.1 Å². The number of carboxylic acid groups (broad SMARTS) is 1. The number of carbonyl (C=O) groups excluding carboxylic acids is 3. The Morgan fingerprint density at radius 2 is 2.11 bits per heavy atom. The van der Waals surface area contributed by atoms with Gasteiger partial charge in [-0.2, -0.15) is 9.36 Å². The normalized spacial score (nSPS) is 19.4. The lowest BCUT2D eigenvalue weighted by molar-refractivity contribution is -0.689. The molecule has 0 saturated carbocycles. The van der Waals surface area contributed by atoms with E-state index in [1.807, 2.05) is 11.2 Å². The van der Waals surface area contributed by atoms with E-state index in [1.54, 1.807) is 29.1 Å². The molecule has 0 bridgehead atoms. The largest absolute Gasteiger partial charge is 0.543 e. The maximum Gasteiger partial charge on any atom is 0.429 e. The second kappa shape index (κ2) is 11.4. The quantitative estimate of drug-likeness (QED) is 0.0447. The number of carboxylic acids is 1. The Labute approximate surface area is 223 Å². The van der Waals surface area contributed by atoms with Gasteiger partial charge in [0, 0.05) is 35.0 Å². The van der Waals surface area contributed by atoms with E-state index in [2.05, 4.69) is 26.4 Å². The first kappa shape index (κ1) is 27.4. The fourth-order valence-electron chi connectivity index (χ4n) is 3.59. The summed E-state index contributed by atoms with van der Waals surface area (Å²) in [7, 11) is -4.68. The molecule has 200 valence electrons. The average Bonchev–Trinajstić information content (AvgIpc) is 3.31. The number of pyridine rings is 1. The molecule has 4 rings (SSSR count). The second-order valence-corrected chi connectivity index (χ2v) is 10.9. The Morgan fingerprint density at radius 1 is 1.37 bits per heavy atom. The molecule has 2 aliphatic heterocycles. The van der Waals surface area contributed by atoms with E-state index in [0.717, 1.165) is 4.90 Å². The summed E-state index contributed by atoms with van der Waals surface area (Å²) in [6.07, 6.45) is 4.89. The Balaban J connectivity index is 1.53. The first-order chi connectivity index (χ1) is 18.1. The first-order valence-corrected chi connectivity index (χ1v) is 14.1. The molecule has 18 heteroatoms. The molecule has 0 aromatic carbocycles. The summed E-state index contributed by atoms with van der Waals surface area (Å²) in [5.74, 6) is -3.12. The van der Waals surface area contributed by atoms with Crippen molar-refractivity contribution in [1.82, 2.24) is 19.6 Å². The van der Waals surface area contributed by atoms with Crippen LogP contribution in [0, 0.1) is 0 Å². The molecule has 2 aromatic heterocycles. The van der Waals surface area contributed by atoms with E-state index in [1.165, 1.54) is 17.8 Å². The molecule has 2 amide bonds. The Bertz CT molecular complexity index is 1380. The van der Waals surface area contributed by atoms with Crippen LogP contribution in [0.3, 0.4) is 0 Å². The van der Waals surface area contributed by atoms with Crippen LogP contribution in [0.1, 0.15) is 5.82 Å². The molecule has 38 heavy (non-hydrogen) atoms. The summed E-state index contributed by atoms with van der Waals surface area (Å²) < 4.78 is 16.8. The molecule has 4 heterocycles. The third-order valence-corrected chi connectivity index (χ3v) is 7.74. The molecular formula is C20H20N7O8PS2. The number of amides is 2. The first-order valence-electron chi connectivity index (χ1n) is 10.7. The number of aromatic nitrogens is 3. The Hall–Kier alpha value is -3.63. The van der Waals surface area contributed by atoms with Gasteiger partial charge in [-0.25, -0.2) is 9.13 Å². The molecule has 0 spiro atoms. The number of nitrogens with one attached hydrogen (secondary N) is 2. The van der Waals surface area contributed by atoms with E-state index in [4.69, 9.17) is 14.6 Å². The summed E-state index contributed by atoms with van der Waals surface area (Å²) in [4.78, 5) is 66.0. The van der Waals surface area contributed by atoms with Gasteiger partial charge in [-0.05, 0) is 0 Å². The average molecular weight is 582 g/mol. The maximum absolute atomic E-state index is 13.1. The SMILES string of the molecule is C=CCO/N=C(\C(=O)NC1C(=O)N2C(C(=O)[O-])=C(C[n+]3ccccc3)CS[C@H]12)c1nsc(NP(=O)(O)O)n1. The van der Waals surface area contributed by atoms with Crippen LogP contribution < -0.4 is 20.1 Å². The van der Waals surface area contributed by atoms with Gasteiger partial charge in [0.25, 0.3) is 11.8 Å². The summed E-state index contributed by atoms with van der Waals surface area (Å²) in [6.45, 7) is 3.63. The summed E-state index contributed by atoms with van der Waals surface area (Å²) in [5, 5.41) is 19.0. The Morgan fingerprint density at radius 3 is 2.76 bits per heavy atom. The molecule has 2 aliphatic rings. The predicted octanol–water partition coefficient (Wildman–Crippen LogP) is -1.66. The van der Waals surface area contributed by atoms with Crippen LogP contribution in [0.2, 0.25) is 0 Å². The van der Waals surface area contributed by atoms with Crippen LogP contribution in [0.25, 0.3) is 0 Å². The third-order valence-electron chi connectivity index (χ3n) is 5.12. The van der Waals surface area contributed by atoms with Gasteiger partial charge in [0.05, 0.1) is 11.7 Å². The minimum atomic E-state index is -4.68. The van der Waals surface area contributed by atoms with Crippen molar-refractivity contribution in [3.8, 4) is 0 Å². The fraction of sp³-hybridized carbons (Fsp3) is 0.250. The van der Waals surface area contributed by atoms with Crippen molar-refractivity contribution < 1.29 is 43.2 Å². The zero-order chi connectivity index (χ0) is 27.4. The minimum Gasteiger partial charge on any atom is -0.543 e. The van der Waals surface area contributed by atoms with Crippen molar-refractivity contribution in [3.63, 3.8) is 0 Å². The summed E-state index contributed by atoms with van der Waals surface area (Å²) in [5.41, 5.74) is -0.221. The number of nitrogens with zero attached hydrogens (tertiary/aromatic N) is 5. The third kappa shape index (κ3) is 6.08. The van der Waals surface area contributed by atoms with Gasteiger partial charge < -0.3 is 29.8 Å². The lowest BCUT2D eigenvalue weighted by Gasteiger charge is -2.50. The number of rotatable bonds is 11. The van der Waals surface area contributed by atoms with Crippen molar-refractivity contribution in [3.05, 3.63) is 60.3 Å². The highest BCUT2D eigenvalue weighted by Gasteiger charge is 2.53. The number of hydrogen-bond acceptors (Lipinski definition) is 11. The number of oxime groups is 1. The Kier molecular flexibility index (Phi) is 8.23. The molecule has 1 unspecified atom stereocenters. The number of hydrogen-bond donors (Lipinski definition) is 4. The van der Waals surface area contributed by atoms with Crippen molar-refractivity contribution in [2.24, 2.45) is 5.16 Å². The van der Waals surface area contributed by atoms with Crippen LogP contribution in [-0.2, 0) is 30.3 Å². The molecule has 1 saturated heterocycles. The van der Waals surface area contributed by atoms with Gasteiger partial charge in [0.1, 0.15) is 18.0 Å². The van der Waals surface area contributed by atoms with E-state index in [-0.39, 0.29) is 35.6 Å². The van der Waals surface area contributed by atoms with Crippen molar-refractivity contribution in [1.29, 1.82) is 0 Å². The summed E-state index contributed by atoms with van der Waals surface area (Å²) in [6, 6.07) is 4.31. The molecule has 4 N–H and O–H groups in total. The standard InChI is InChI=1S/C20H20N7O8PS2/c1-2-8-35-23-12(15-22-20(38-25-15)24-36(32,33)34)16(28)21-13-17(29)27-14(19(30)31)11(10-37-18(13)27)9-26-6-4-3-5-7-26/h2-7,13,18H,1,8-10H2,(H4-,21,22,24,25,28,30,31,32,33,34)/b23-12-/t13?,18-/m1/s1. The highest BCUT2D eigenvalue weighted by molar-refractivity contribution is 8.00. The zero-order valence-electron chi connectivity index (χ0n) is 19.3. The highest BCUT2D eigenvalue weighted by Crippen LogP contribution is 2.40. The van der Waals surface area contributed by atoms with Crippen LogP contribution in [0.4, 0.5) is 5.13 Å². The van der Waals surface area contributed by atoms with Gasteiger partial charge in [-0.15, -0.1) is 11.8 Å². The molecular weight excluding hydrogens is 561 g/mol. The highest BCUT2D eigenvalue weighted by atomic mass is 32.2. The van der Waals surface area contributed by atoms with E-state index >= 15 is 0 Å². The predicted molar refractivity (Wildman–Crippen MR) is 132 cm³/mol. The number of aliphatic carboxylic acids is 1. The lowest BCUT2D eigenvalue weighted by atomic mass is 10.0. The van der Waals surface area contributed by atoms with Gasteiger partial charge in [-0.1, -0.05) is 23.9 Å². The zero-order valence-corrected chi connectivity index (χ0v) is 21.8. The molecule has 2 atom stereocenters. The smallest absolute Gasteiger partial charge is 0.429 e. The van der Waals surface area contributed by atoms with E-state index < -0.39 is 42.7 Å². The van der Waals surface area contributed by atoms with Crippen molar-refractivity contribution >= 4 is 59.7 Å². The van der Waals surface area contributed by atoms with Gasteiger partial charge in [-0.3, -0.25) is 19.6 Å². The second-order valence-electron chi connectivity index (χ2n) is 7.75. The van der Waals surface area contributed by atoms with Gasteiger partial charge in [0.15, 0.2) is 18.9 Å². The van der Waals surface area contributed by atoms with Gasteiger partial charge >= 0.3 is 7.75 Å². The minimum absolute atomic E-state index is 0.0783. The maximum atomic E-state index is 13.1. The number of β-lactam (4-membered cyclic amide) rings is 1. The molecule has 0 aliphatic carbocycles. The molecule has 2 aromatic rings. The molecule has 15 nitrogen and oxygen atoms in total. The molecule has 1 fully saturated rings. The monoisotopic (exact) mass is 581 g/mol. The number of fused-ring (bicyclic) bond motifs is 1. The topological polar surface area (TPSA) is 210 Å². The van der Waals surface area contributed by atoms with E-state index in [0.29, 0.717) is 17.1 Å². The van der Waals surface area contributed by atoms with Crippen molar-refractivity contribution in [2.45, 2.75) is 18.0 Å². The van der Waals surface area contributed by atoms with Crippen molar-refractivity contribution in [2.75, 3.05) is 17.4 Å². The van der Waals surface area contributed by atoms with Crippen LogP contribution in [0.5, 0.6) is 0 Å². The van der Waals surface area contributed by atoms with Crippen LogP contribution >= 0.6 is 31.0 Å².